The van der Waals surface area contributed by atoms with Crippen molar-refractivity contribution >= 4 is 16.8 Å². The highest BCUT2D eigenvalue weighted by Gasteiger charge is 2.13. The van der Waals surface area contributed by atoms with Gasteiger partial charge in [-0.3, -0.25) is 9.63 Å². The molecule has 0 aliphatic carbocycles. The van der Waals surface area contributed by atoms with Gasteiger partial charge in [0.2, 0.25) is 0 Å². The highest BCUT2D eigenvalue weighted by molar-refractivity contribution is 6.06. The van der Waals surface area contributed by atoms with Gasteiger partial charge in [0.1, 0.15) is 5.75 Å². The number of amides is 1. The number of rotatable bonds is 4. The molecule has 0 aliphatic heterocycles. The van der Waals surface area contributed by atoms with Gasteiger partial charge in [0.25, 0.3) is 5.91 Å². The lowest BCUT2D eigenvalue weighted by Gasteiger charge is -2.10. The molecule has 0 fully saturated rings. The fourth-order valence-corrected chi connectivity index (χ4v) is 2.42. The average Bonchev–Trinajstić information content (AvgIpc) is 2.61. The van der Waals surface area contributed by atoms with Gasteiger partial charge in [0.15, 0.2) is 0 Å². The summed E-state index contributed by atoms with van der Waals surface area (Å²) in [5, 5.41) is 0.777. The first-order valence-corrected chi connectivity index (χ1v) is 7.10. The molecule has 0 saturated heterocycles. The van der Waals surface area contributed by atoms with Gasteiger partial charge in [-0.25, -0.2) is 10.5 Å². The van der Waals surface area contributed by atoms with Crippen molar-refractivity contribution in [2.24, 2.45) is 0 Å². The molecular formula is C18H16N2O3. The zero-order valence-electron chi connectivity index (χ0n) is 12.9. The van der Waals surface area contributed by atoms with E-state index >= 15 is 0 Å². The number of carbonyl (C=O) groups excluding carboxylic acids is 1. The lowest BCUT2D eigenvalue weighted by molar-refractivity contribution is 0.0539. The van der Waals surface area contributed by atoms with Crippen molar-refractivity contribution in [3.05, 3.63) is 60.2 Å². The van der Waals surface area contributed by atoms with Gasteiger partial charge in [0, 0.05) is 10.9 Å². The van der Waals surface area contributed by atoms with Crippen molar-refractivity contribution in [2.75, 3.05) is 14.2 Å². The lowest BCUT2D eigenvalue weighted by atomic mass is 10.0. The van der Waals surface area contributed by atoms with Crippen molar-refractivity contribution in [2.45, 2.75) is 0 Å². The topological polar surface area (TPSA) is 60.5 Å². The third-order valence-corrected chi connectivity index (χ3v) is 3.54. The highest BCUT2D eigenvalue weighted by Crippen LogP contribution is 2.26. The number of para-hydroxylation sites is 1. The van der Waals surface area contributed by atoms with Crippen LogP contribution >= 0.6 is 0 Å². The van der Waals surface area contributed by atoms with Crippen molar-refractivity contribution in [1.29, 1.82) is 0 Å². The molecule has 0 aliphatic rings. The second-order valence-electron chi connectivity index (χ2n) is 4.94. The normalized spacial score (nSPS) is 10.5. The van der Waals surface area contributed by atoms with Gasteiger partial charge >= 0.3 is 0 Å². The maximum atomic E-state index is 12.3. The molecule has 23 heavy (non-hydrogen) atoms. The van der Waals surface area contributed by atoms with Crippen molar-refractivity contribution < 1.29 is 14.4 Å². The van der Waals surface area contributed by atoms with Gasteiger partial charge in [0.05, 0.1) is 31.0 Å². The Morgan fingerprint density at radius 2 is 1.78 bits per heavy atom. The standard InChI is InChI=1S/C18H16N2O3/c1-22-13-9-7-12(8-10-13)17-11-15(18(21)20-23-2)14-5-3-4-6-16(14)19-17/h3-11H,1-2H3,(H,20,21). The molecule has 0 atom stereocenters. The Hall–Kier alpha value is -2.92. The van der Waals surface area contributed by atoms with E-state index in [1.807, 2.05) is 48.5 Å². The van der Waals surface area contributed by atoms with Crippen LogP contribution in [0.4, 0.5) is 0 Å². The number of methoxy groups -OCH3 is 1. The predicted octanol–water partition coefficient (Wildman–Crippen LogP) is 3.20. The predicted molar refractivity (Wildman–Crippen MR) is 88.2 cm³/mol. The van der Waals surface area contributed by atoms with E-state index in [0.29, 0.717) is 11.3 Å². The van der Waals surface area contributed by atoms with Crippen LogP contribution in [0.5, 0.6) is 5.75 Å². The minimum Gasteiger partial charge on any atom is -0.497 e. The largest absolute Gasteiger partial charge is 0.497 e. The Balaban J connectivity index is 2.15. The average molecular weight is 308 g/mol. The molecule has 5 nitrogen and oxygen atoms in total. The molecule has 2 aromatic carbocycles. The van der Waals surface area contributed by atoms with Crippen LogP contribution in [0.25, 0.3) is 22.2 Å². The molecule has 1 N–H and O–H groups in total. The summed E-state index contributed by atoms with van der Waals surface area (Å²) in [4.78, 5) is 21.6. The minimum atomic E-state index is -0.305. The van der Waals surface area contributed by atoms with E-state index in [9.17, 15) is 4.79 Å². The van der Waals surface area contributed by atoms with E-state index in [1.54, 1.807) is 13.2 Å². The van der Waals surface area contributed by atoms with Gasteiger partial charge in [-0.1, -0.05) is 18.2 Å². The molecule has 1 aromatic heterocycles. The van der Waals surface area contributed by atoms with Crippen LogP contribution in [0, 0.1) is 0 Å². The molecule has 0 unspecified atom stereocenters. The van der Waals surface area contributed by atoms with E-state index in [2.05, 4.69) is 10.5 Å². The number of aromatic nitrogens is 1. The fourth-order valence-electron chi connectivity index (χ4n) is 2.42. The van der Waals surface area contributed by atoms with E-state index in [4.69, 9.17) is 9.57 Å². The lowest BCUT2D eigenvalue weighted by Crippen LogP contribution is -2.22. The van der Waals surface area contributed by atoms with Crippen molar-refractivity contribution in [3.63, 3.8) is 0 Å². The van der Waals surface area contributed by atoms with Crippen molar-refractivity contribution in [1.82, 2.24) is 10.5 Å². The quantitative estimate of drug-likeness (QED) is 0.752. The molecule has 0 saturated carbocycles. The first-order valence-electron chi connectivity index (χ1n) is 7.10. The smallest absolute Gasteiger partial charge is 0.275 e. The molecule has 1 heterocycles. The summed E-state index contributed by atoms with van der Waals surface area (Å²) in [5.41, 5.74) is 5.25. The van der Waals surface area contributed by atoms with E-state index in [1.165, 1.54) is 7.11 Å². The Labute approximate surface area is 133 Å². The van der Waals surface area contributed by atoms with Gasteiger partial charge in [-0.05, 0) is 36.4 Å². The van der Waals surface area contributed by atoms with E-state index in [0.717, 1.165) is 22.2 Å². The zero-order chi connectivity index (χ0) is 16.2. The molecular weight excluding hydrogens is 292 g/mol. The molecule has 0 bridgehead atoms. The van der Waals surface area contributed by atoms with Gasteiger partial charge < -0.3 is 4.74 Å². The maximum absolute atomic E-state index is 12.3. The number of fused-ring (bicyclic) bond motifs is 1. The number of carbonyl (C=O) groups is 1. The summed E-state index contributed by atoms with van der Waals surface area (Å²) < 4.78 is 5.17. The Kier molecular flexibility index (Phi) is 4.21. The molecule has 3 rings (SSSR count). The van der Waals surface area contributed by atoms with Crippen LogP contribution in [0.3, 0.4) is 0 Å². The number of nitrogens with one attached hydrogen (secondary N) is 1. The number of hydrogen-bond donors (Lipinski definition) is 1. The van der Waals surface area contributed by atoms with Crippen LogP contribution in [-0.2, 0) is 4.84 Å². The molecule has 1 amide bonds. The zero-order valence-corrected chi connectivity index (χ0v) is 12.9. The summed E-state index contributed by atoms with van der Waals surface area (Å²) in [6.45, 7) is 0. The number of benzene rings is 2. The Morgan fingerprint density at radius 1 is 1.04 bits per heavy atom. The number of nitrogens with zero attached hydrogens (tertiary/aromatic N) is 1. The first-order chi connectivity index (χ1) is 11.2. The first kappa shape index (κ1) is 15.0. The summed E-state index contributed by atoms with van der Waals surface area (Å²) in [6, 6.07) is 16.8. The number of hydroxylamine groups is 1. The maximum Gasteiger partial charge on any atom is 0.275 e. The Morgan fingerprint density at radius 3 is 2.48 bits per heavy atom. The molecule has 3 aromatic rings. The highest BCUT2D eigenvalue weighted by atomic mass is 16.6. The summed E-state index contributed by atoms with van der Waals surface area (Å²) in [6.07, 6.45) is 0. The SMILES string of the molecule is CONC(=O)c1cc(-c2ccc(OC)cc2)nc2ccccc12. The van der Waals surface area contributed by atoms with Crippen molar-refractivity contribution in [3.8, 4) is 17.0 Å². The minimum absolute atomic E-state index is 0.305. The van der Waals surface area contributed by atoms with Crippen LogP contribution in [-0.4, -0.2) is 25.1 Å². The van der Waals surface area contributed by atoms with Crippen LogP contribution < -0.4 is 10.2 Å². The summed E-state index contributed by atoms with van der Waals surface area (Å²) in [7, 11) is 3.03. The van der Waals surface area contributed by atoms with Crippen LogP contribution in [0.15, 0.2) is 54.6 Å². The molecule has 0 spiro atoms. The summed E-state index contributed by atoms with van der Waals surface area (Å²) >= 11 is 0. The molecule has 116 valence electrons. The fraction of sp³-hybridized carbons (Fsp3) is 0.111. The third-order valence-electron chi connectivity index (χ3n) is 3.54. The number of hydrogen-bond acceptors (Lipinski definition) is 4. The Bertz CT molecular complexity index is 845. The number of ether oxygens (including phenoxy) is 1. The van der Waals surface area contributed by atoms with Crippen LogP contribution in [0.2, 0.25) is 0 Å². The van der Waals surface area contributed by atoms with Gasteiger partial charge in [-0.2, -0.15) is 0 Å². The monoisotopic (exact) mass is 308 g/mol. The number of pyridine rings is 1. The summed E-state index contributed by atoms with van der Waals surface area (Å²) in [5.74, 6) is 0.466. The van der Waals surface area contributed by atoms with E-state index < -0.39 is 0 Å². The molecule has 5 heteroatoms. The second-order valence-corrected chi connectivity index (χ2v) is 4.94. The van der Waals surface area contributed by atoms with Crippen LogP contribution in [0.1, 0.15) is 10.4 Å². The third kappa shape index (κ3) is 3.00. The molecule has 0 radical (unpaired) electrons. The van der Waals surface area contributed by atoms with E-state index in [-0.39, 0.29) is 5.91 Å². The van der Waals surface area contributed by atoms with Gasteiger partial charge in [-0.15, -0.1) is 0 Å². The second kappa shape index (κ2) is 6.46.